The third-order valence-electron chi connectivity index (χ3n) is 3.08. The average molecular weight is 263 g/mol. The van der Waals surface area contributed by atoms with E-state index in [-0.39, 0.29) is 5.97 Å². The van der Waals surface area contributed by atoms with Gasteiger partial charge in [0.15, 0.2) is 11.5 Å². The Labute approximate surface area is 109 Å². The monoisotopic (exact) mass is 263 g/mol. The largest absolute Gasteiger partial charge is 0.465 e. The Hall–Kier alpha value is -1.56. The van der Waals surface area contributed by atoms with E-state index >= 15 is 0 Å². The van der Waals surface area contributed by atoms with Crippen LogP contribution in [-0.2, 0) is 4.74 Å². The van der Waals surface area contributed by atoms with E-state index in [1.54, 1.807) is 6.07 Å². The Morgan fingerprint density at radius 2 is 2.44 bits per heavy atom. The highest BCUT2D eigenvalue weighted by Gasteiger charge is 2.24. The SMILES string of the molecule is COC(=O)c1cccn2c(C3CCCS3)nnc12. The molecule has 2 aromatic rings. The van der Waals surface area contributed by atoms with Crippen LogP contribution in [0.4, 0.5) is 0 Å². The number of carbonyl (C=O) groups is 1. The van der Waals surface area contributed by atoms with Gasteiger partial charge in [0.1, 0.15) is 5.56 Å². The summed E-state index contributed by atoms with van der Waals surface area (Å²) in [6, 6.07) is 3.53. The van der Waals surface area contributed by atoms with Crippen LogP contribution in [0.5, 0.6) is 0 Å². The van der Waals surface area contributed by atoms with Crippen molar-refractivity contribution in [2.75, 3.05) is 12.9 Å². The summed E-state index contributed by atoms with van der Waals surface area (Å²) in [7, 11) is 1.37. The normalized spacial score (nSPS) is 19.3. The van der Waals surface area contributed by atoms with E-state index in [9.17, 15) is 4.79 Å². The maximum atomic E-state index is 11.6. The lowest BCUT2D eigenvalue weighted by Gasteiger charge is -2.06. The van der Waals surface area contributed by atoms with Crippen molar-refractivity contribution in [1.29, 1.82) is 0 Å². The first-order valence-electron chi connectivity index (χ1n) is 5.85. The predicted molar refractivity (Wildman–Crippen MR) is 68.8 cm³/mol. The molecular formula is C12H13N3O2S. The van der Waals surface area contributed by atoms with Crippen LogP contribution in [0, 0.1) is 0 Å². The molecule has 94 valence electrons. The van der Waals surface area contributed by atoms with Crippen LogP contribution in [0.25, 0.3) is 5.65 Å². The second-order valence-electron chi connectivity index (χ2n) is 4.17. The molecule has 0 aliphatic carbocycles. The Morgan fingerprint density at radius 1 is 1.56 bits per heavy atom. The van der Waals surface area contributed by atoms with Gasteiger partial charge in [-0.15, -0.1) is 10.2 Å². The van der Waals surface area contributed by atoms with Gasteiger partial charge in [-0.25, -0.2) is 4.79 Å². The number of rotatable bonds is 2. The van der Waals surface area contributed by atoms with Crippen LogP contribution in [0.1, 0.15) is 34.3 Å². The van der Waals surface area contributed by atoms with E-state index in [1.165, 1.54) is 13.5 Å². The summed E-state index contributed by atoms with van der Waals surface area (Å²) >= 11 is 1.90. The zero-order chi connectivity index (χ0) is 12.5. The van der Waals surface area contributed by atoms with Gasteiger partial charge in [0.25, 0.3) is 0 Å². The third kappa shape index (κ3) is 1.77. The molecule has 1 aliphatic heterocycles. The molecule has 0 bridgehead atoms. The summed E-state index contributed by atoms with van der Waals surface area (Å²) in [4.78, 5) is 11.6. The van der Waals surface area contributed by atoms with Crippen LogP contribution in [0.2, 0.25) is 0 Å². The number of nitrogens with zero attached hydrogens (tertiary/aromatic N) is 3. The lowest BCUT2D eigenvalue weighted by molar-refractivity contribution is 0.0602. The quantitative estimate of drug-likeness (QED) is 0.776. The lowest BCUT2D eigenvalue weighted by atomic mass is 10.2. The second kappa shape index (κ2) is 4.61. The number of hydrogen-bond donors (Lipinski definition) is 0. The molecule has 0 saturated carbocycles. The lowest BCUT2D eigenvalue weighted by Crippen LogP contribution is -2.05. The van der Waals surface area contributed by atoms with Crippen molar-refractivity contribution in [3.05, 3.63) is 29.7 Å². The molecule has 1 unspecified atom stereocenters. The number of aromatic nitrogens is 3. The van der Waals surface area contributed by atoms with Gasteiger partial charge < -0.3 is 4.74 Å². The summed E-state index contributed by atoms with van der Waals surface area (Å²) in [6.07, 6.45) is 4.23. The molecule has 3 rings (SSSR count). The summed E-state index contributed by atoms with van der Waals surface area (Å²) in [5.41, 5.74) is 1.04. The fourth-order valence-corrected chi connectivity index (χ4v) is 3.46. The molecule has 1 fully saturated rings. The van der Waals surface area contributed by atoms with Crippen molar-refractivity contribution in [3.8, 4) is 0 Å². The molecule has 2 aromatic heterocycles. The first kappa shape index (κ1) is 11.5. The van der Waals surface area contributed by atoms with Crippen molar-refractivity contribution >= 4 is 23.4 Å². The number of ether oxygens (including phenoxy) is 1. The summed E-state index contributed by atoms with van der Waals surface area (Å²) < 4.78 is 6.65. The molecule has 1 aliphatic rings. The van der Waals surface area contributed by atoms with Gasteiger partial charge in [0, 0.05) is 6.20 Å². The van der Waals surface area contributed by atoms with Crippen molar-refractivity contribution in [2.45, 2.75) is 18.1 Å². The van der Waals surface area contributed by atoms with Gasteiger partial charge in [-0.05, 0) is 30.7 Å². The molecule has 6 heteroatoms. The molecule has 0 spiro atoms. The van der Waals surface area contributed by atoms with Gasteiger partial charge in [-0.1, -0.05) is 0 Å². The molecule has 0 aromatic carbocycles. The first-order chi connectivity index (χ1) is 8.81. The van der Waals surface area contributed by atoms with Crippen LogP contribution in [0.3, 0.4) is 0 Å². The van der Waals surface area contributed by atoms with E-state index in [2.05, 4.69) is 10.2 Å². The van der Waals surface area contributed by atoms with Crippen molar-refractivity contribution in [2.24, 2.45) is 0 Å². The van der Waals surface area contributed by atoms with E-state index in [1.807, 2.05) is 28.4 Å². The molecule has 5 nitrogen and oxygen atoms in total. The number of hydrogen-bond acceptors (Lipinski definition) is 5. The fourth-order valence-electron chi connectivity index (χ4n) is 2.20. The van der Waals surface area contributed by atoms with Crippen LogP contribution in [0.15, 0.2) is 18.3 Å². The number of thioether (sulfide) groups is 1. The summed E-state index contributed by atoms with van der Waals surface area (Å²) in [5, 5.41) is 8.75. The smallest absolute Gasteiger partial charge is 0.341 e. The van der Waals surface area contributed by atoms with Crippen molar-refractivity contribution in [3.63, 3.8) is 0 Å². The molecule has 1 saturated heterocycles. The van der Waals surface area contributed by atoms with Crippen molar-refractivity contribution in [1.82, 2.24) is 14.6 Å². The van der Waals surface area contributed by atoms with Gasteiger partial charge in [-0.3, -0.25) is 4.40 Å². The number of esters is 1. The van der Waals surface area contributed by atoms with Gasteiger partial charge in [-0.2, -0.15) is 11.8 Å². The van der Waals surface area contributed by atoms with E-state index in [0.29, 0.717) is 16.5 Å². The highest BCUT2D eigenvalue weighted by molar-refractivity contribution is 7.99. The minimum Gasteiger partial charge on any atom is -0.465 e. The Bertz CT molecular complexity index is 590. The summed E-state index contributed by atoms with van der Waals surface area (Å²) in [5.74, 6) is 1.72. The molecule has 1 atom stereocenters. The van der Waals surface area contributed by atoms with E-state index in [0.717, 1.165) is 18.0 Å². The van der Waals surface area contributed by atoms with Gasteiger partial charge >= 0.3 is 5.97 Å². The topological polar surface area (TPSA) is 56.5 Å². The van der Waals surface area contributed by atoms with Crippen molar-refractivity contribution < 1.29 is 9.53 Å². The van der Waals surface area contributed by atoms with Crippen LogP contribution < -0.4 is 0 Å². The number of carbonyl (C=O) groups excluding carboxylic acids is 1. The third-order valence-corrected chi connectivity index (χ3v) is 4.46. The Morgan fingerprint density at radius 3 is 3.17 bits per heavy atom. The molecular weight excluding hydrogens is 250 g/mol. The van der Waals surface area contributed by atoms with Crippen LogP contribution >= 0.6 is 11.8 Å². The average Bonchev–Trinajstić information content (AvgIpc) is 3.05. The van der Waals surface area contributed by atoms with Gasteiger partial charge in [0.05, 0.1) is 12.4 Å². The zero-order valence-corrected chi connectivity index (χ0v) is 10.8. The second-order valence-corrected chi connectivity index (χ2v) is 5.48. The van der Waals surface area contributed by atoms with Crippen LogP contribution in [-0.4, -0.2) is 33.4 Å². The van der Waals surface area contributed by atoms with E-state index < -0.39 is 0 Å². The highest BCUT2D eigenvalue weighted by Crippen LogP contribution is 2.39. The molecule has 0 radical (unpaired) electrons. The number of pyridine rings is 1. The number of methoxy groups -OCH3 is 1. The predicted octanol–water partition coefficient (Wildman–Crippen LogP) is 2.08. The standard InChI is InChI=1S/C12H13N3O2S/c1-17-12(16)8-4-2-6-15-10(8)13-14-11(15)9-5-3-7-18-9/h2,4,6,9H,3,5,7H2,1H3. The molecule has 0 N–H and O–H groups in total. The van der Waals surface area contributed by atoms with Gasteiger partial charge in [0.2, 0.25) is 0 Å². The number of fused-ring (bicyclic) bond motifs is 1. The minimum absolute atomic E-state index is 0.376. The zero-order valence-electron chi connectivity index (χ0n) is 10.00. The summed E-state index contributed by atoms with van der Waals surface area (Å²) in [6.45, 7) is 0. The maximum absolute atomic E-state index is 11.6. The first-order valence-corrected chi connectivity index (χ1v) is 6.89. The molecule has 3 heterocycles. The molecule has 0 amide bonds. The molecule has 18 heavy (non-hydrogen) atoms. The minimum atomic E-state index is -0.376. The van der Waals surface area contributed by atoms with E-state index in [4.69, 9.17) is 4.74 Å². The Kier molecular flexibility index (Phi) is 2.95. The highest BCUT2D eigenvalue weighted by atomic mass is 32.2. The Balaban J connectivity index is 2.11. The fraction of sp³-hybridized carbons (Fsp3) is 0.417. The maximum Gasteiger partial charge on any atom is 0.341 e.